The minimum Gasteiger partial charge on any atom is -0.354 e. The first-order valence-electron chi connectivity index (χ1n) is 6.55. The summed E-state index contributed by atoms with van der Waals surface area (Å²) in [6.45, 7) is 5.25. The number of hydrogen-bond donors (Lipinski definition) is 2. The molecule has 0 bridgehead atoms. The van der Waals surface area contributed by atoms with Crippen molar-refractivity contribution in [1.82, 2.24) is 25.6 Å². The summed E-state index contributed by atoms with van der Waals surface area (Å²) < 4.78 is 1.73. The van der Waals surface area contributed by atoms with Crippen LogP contribution in [0.1, 0.15) is 38.8 Å². The molecule has 1 aromatic rings. The Labute approximate surface area is 107 Å². The number of carbonyl (C=O) groups excluding carboxylic acids is 1. The molecule has 6 heteroatoms. The van der Waals surface area contributed by atoms with Crippen LogP contribution >= 0.6 is 0 Å². The third kappa shape index (κ3) is 4.44. The summed E-state index contributed by atoms with van der Waals surface area (Å²) >= 11 is 0. The van der Waals surface area contributed by atoms with Crippen molar-refractivity contribution < 1.29 is 4.79 Å². The summed E-state index contributed by atoms with van der Waals surface area (Å²) in [6.07, 6.45) is 4.88. The zero-order valence-electron chi connectivity index (χ0n) is 11.0. The maximum atomic E-state index is 11.5. The molecule has 1 aromatic heterocycles. The van der Waals surface area contributed by atoms with Crippen molar-refractivity contribution in [3.63, 3.8) is 0 Å². The van der Waals surface area contributed by atoms with Crippen molar-refractivity contribution >= 4 is 5.91 Å². The molecule has 100 valence electrons. The van der Waals surface area contributed by atoms with Gasteiger partial charge in [0.05, 0.1) is 12.2 Å². The van der Waals surface area contributed by atoms with Crippen LogP contribution < -0.4 is 10.6 Å². The summed E-state index contributed by atoms with van der Waals surface area (Å²) in [6, 6.07) is 0.860. The molecule has 0 radical (unpaired) electrons. The average Bonchev–Trinajstić information content (AvgIpc) is 3.02. The van der Waals surface area contributed by atoms with Crippen molar-refractivity contribution in [1.29, 1.82) is 0 Å². The van der Waals surface area contributed by atoms with Crippen molar-refractivity contribution in [2.24, 2.45) is 0 Å². The number of aromatic nitrogens is 3. The Bertz CT molecular complexity index is 397. The smallest absolute Gasteiger partial charge is 0.222 e. The van der Waals surface area contributed by atoms with Crippen LogP contribution in [0, 0.1) is 0 Å². The zero-order chi connectivity index (χ0) is 13.0. The zero-order valence-corrected chi connectivity index (χ0v) is 11.0. The van der Waals surface area contributed by atoms with Gasteiger partial charge < -0.3 is 10.6 Å². The molecule has 0 aromatic carbocycles. The number of nitrogens with zero attached hydrogens (tertiary/aromatic N) is 3. The van der Waals surface area contributed by atoms with Gasteiger partial charge in [-0.3, -0.25) is 9.48 Å². The molecule has 18 heavy (non-hydrogen) atoms. The SMILES string of the molecule is CC(C)NC(=O)CCn1cc(CNC2CC2)nn1. The van der Waals surface area contributed by atoms with E-state index in [9.17, 15) is 4.79 Å². The highest BCUT2D eigenvalue weighted by atomic mass is 16.1. The molecule has 1 heterocycles. The Morgan fingerprint density at radius 2 is 2.33 bits per heavy atom. The normalized spacial score (nSPS) is 15.1. The van der Waals surface area contributed by atoms with Crippen LogP contribution in [0.4, 0.5) is 0 Å². The lowest BCUT2D eigenvalue weighted by molar-refractivity contribution is -0.121. The molecule has 2 N–H and O–H groups in total. The highest BCUT2D eigenvalue weighted by Gasteiger charge is 2.20. The van der Waals surface area contributed by atoms with Crippen LogP contribution in [0.2, 0.25) is 0 Å². The minimum atomic E-state index is 0.0538. The number of aryl methyl sites for hydroxylation is 1. The maximum absolute atomic E-state index is 11.5. The molecule has 1 fully saturated rings. The summed E-state index contributed by atoms with van der Waals surface area (Å²) in [7, 11) is 0. The molecule has 6 nitrogen and oxygen atoms in total. The number of amides is 1. The van der Waals surface area contributed by atoms with Gasteiger partial charge in [-0.1, -0.05) is 5.21 Å². The second-order valence-electron chi connectivity index (χ2n) is 5.10. The highest BCUT2D eigenvalue weighted by molar-refractivity contribution is 5.75. The van der Waals surface area contributed by atoms with Crippen LogP contribution in [-0.2, 0) is 17.9 Å². The third-order valence-electron chi connectivity index (χ3n) is 2.75. The molecular weight excluding hydrogens is 230 g/mol. The molecule has 0 spiro atoms. The Balaban J connectivity index is 1.70. The van der Waals surface area contributed by atoms with Crippen molar-refractivity contribution in [3.8, 4) is 0 Å². The molecule has 0 aliphatic heterocycles. The summed E-state index contributed by atoms with van der Waals surface area (Å²) in [4.78, 5) is 11.5. The lowest BCUT2D eigenvalue weighted by Gasteiger charge is -2.07. The van der Waals surface area contributed by atoms with Gasteiger partial charge in [-0.25, -0.2) is 0 Å². The lowest BCUT2D eigenvalue weighted by atomic mass is 10.3. The van der Waals surface area contributed by atoms with Crippen LogP contribution in [0.25, 0.3) is 0 Å². The van der Waals surface area contributed by atoms with Gasteiger partial charge in [-0.05, 0) is 26.7 Å². The number of rotatable bonds is 7. The molecule has 1 saturated carbocycles. The van der Waals surface area contributed by atoms with E-state index in [2.05, 4.69) is 20.9 Å². The summed E-state index contributed by atoms with van der Waals surface area (Å²) in [5.41, 5.74) is 0.936. The Kier molecular flexibility index (Phi) is 4.30. The number of nitrogens with one attached hydrogen (secondary N) is 2. The van der Waals surface area contributed by atoms with Crippen molar-refractivity contribution in [2.75, 3.05) is 0 Å². The second kappa shape index (κ2) is 5.95. The molecule has 1 aliphatic rings. The number of hydrogen-bond acceptors (Lipinski definition) is 4. The van der Waals surface area contributed by atoms with Gasteiger partial charge in [0.2, 0.25) is 5.91 Å². The van der Waals surface area contributed by atoms with Gasteiger partial charge in [0, 0.05) is 31.2 Å². The molecule has 1 amide bonds. The number of carbonyl (C=O) groups is 1. The van der Waals surface area contributed by atoms with Crippen LogP contribution in [0.3, 0.4) is 0 Å². The lowest BCUT2D eigenvalue weighted by Crippen LogP contribution is -2.30. The molecule has 1 aliphatic carbocycles. The first-order chi connectivity index (χ1) is 8.63. The molecule has 0 unspecified atom stereocenters. The molecule has 0 atom stereocenters. The van der Waals surface area contributed by atoms with Crippen molar-refractivity contribution in [2.45, 2.75) is 58.3 Å². The summed E-state index contributed by atoms with van der Waals surface area (Å²) in [5, 5.41) is 14.3. The summed E-state index contributed by atoms with van der Waals surface area (Å²) in [5.74, 6) is 0.0538. The fourth-order valence-corrected chi connectivity index (χ4v) is 1.68. The molecular formula is C12H21N5O. The van der Waals surface area contributed by atoms with Gasteiger partial charge in [-0.15, -0.1) is 5.10 Å². The standard InChI is InChI=1S/C12H21N5O/c1-9(2)14-12(18)5-6-17-8-11(15-16-17)7-13-10-3-4-10/h8-10,13H,3-7H2,1-2H3,(H,14,18). The Hall–Kier alpha value is -1.43. The first-order valence-corrected chi connectivity index (χ1v) is 6.55. The van der Waals surface area contributed by atoms with E-state index in [0.717, 1.165) is 12.2 Å². The first kappa shape index (κ1) is 13.0. The van der Waals surface area contributed by atoms with E-state index >= 15 is 0 Å². The average molecular weight is 251 g/mol. The topological polar surface area (TPSA) is 71.8 Å². The van der Waals surface area contributed by atoms with Crippen molar-refractivity contribution in [3.05, 3.63) is 11.9 Å². The van der Waals surface area contributed by atoms with E-state index in [1.54, 1.807) is 4.68 Å². The van der Waals surface area contributed by atoms with Gasteiger partial charge in [-0.2, -0.15) is 0 Å². The van der Waals surface area contributed by atoms with Crippen LogP contribution in [0.5, 0.6) is 0 Å². The predicted octanol–water partition coefficient (Wildman–Crippen LogP) is 0.445. The van der Waals surface area contributed by atoms with E-state index in [0.29, 0.717) is 19.0 Å². The van der Waals surface area contributed by atoms with Gasteiger partial charge in [0.15, 0.2) is 0 Å². The quantitative estimate of drug-likeness (QED) is 0.738. The Morgan fingerprint density at radius 1 is 1.56 bits per heavy atom. The maximum Gasteiger partial charge on any atom is 0.222 e. The highest BCUT2D eigenvalue weighted by Crippen LogP contribution is 2.18. The largest absolute Gasteiger partial charge is 0.354 e. The predicted molar refractivity (Wildman–Crippen MR) is 67.8 cm³/mol. The van der Waals surface area contributed by atoms with Gasteiger partial charge in [0.25, 0.3) is 0 Å². The van der Waals surface area contributed by atoms with E-state index in [1.807, 2.05) is 20.0 Å². The van der Waals surface area contributed by atoms with E-state index in [4.69, 9.17) is 0 Å². The second-order valence-corrected chi connectivity index (χ2v) is 5.10. The molecule has 0 saturated heterocycles. The fraction of sp³-hybridized carbons (Fsp3) is 0.750. The van der Waals surface area contributed by atoms with E-state index in [-0.39, 0.29) is 11.9 Å². The van der Waals surface area contributed by atoms with Gasteiger partial charge >= 0.3 is 0 Å². The van der Waals surface area contributed by atoms with E-state index in [1.165, 1.54) is 12.8 Å². The van der Waals surface area contributed by atoms with Gasteiger partial charge in [0.1, 0.15) is 0 Å². The monoisotopic (exact) mass is 251 g/mol. The van der Waals surface area contributed by atoms with Crippen LogP contribution in [0.15, 0.2) is 6.20 Å². The van der Waals surface area contributed by atoms with E-state index < -0.39 is 0 Å². The van der Waals surface area contributed by atoms with Crippen LogP contribution in [-0.4, -0.2) is 33.0 Å². The minimum absolute atomic E-state index is 0.0538. The third-order valence-corrected chi connectivity index (χ3v) is 2.75. The molecule has 2 rings (SSSR count). The Morgan fingerprint density at radius 3 is 3.00 bits per heavy atom. The fourth-order valence-electron chi connectivity index (χ4n) is 1.68.